The molecular formula is C20H20F4N2O4. The molecule has 0 heterocycles. The van der Waals surface area contributed by atoms with Gasteiger partial charge >= 0.3 is 12.3 Å². The van der Waals surface area contributed by atoms with Gasteiger partial charge in [-0.3, -0.25) is 10.1 Å². The predicted octanol–water partition coefficient (Wildman–Crippen LogP) is 5.37. The van der Waals surface area contributed by atoms with Gasteiger partial charge in [-0.25, -0.2) is 9.18 Å². The second kappa shape index (κ2) is 9.02. The Labute approximate surface area is 170 Å². The van der Waals surface area contributed by atoms with Crippen LogP contribution >= 0.6 is 0 Å². The smallest absolute Gasteiger partial charge is 0.422 e. The first-order chi connectivity index (χ1) is 13.8. The quantitative estimate of drug-likeness (QED) is 0.628. The van der Waals surface area contributed by atoms with E-state index in [-0.39, 0.29) is 22.7 Å². The minimum absolute atomic E-state index is 0.0248. The lowest BCUT2D eigenvalue weighted by Gasteiger charge is -2.20. The molecule has 2 aromatic rings. The summed E-state index contributed by atoms with van der Waals surface area (Å²) in [7, 11) is 0. The molecule has 0 radical (unpaired) electrons. The van der Waals surface area contributed by atoms with Crippen molar-refractivity contribution in [3.05, 3.63) is 53.8 Å². The van der Waals surface area contributed by atoms with Gasteiger partial charge in [0.2, 0.25) is 0 Å². The van der Waals surface area contributed by atoms with Gasteiger partial charge in [0.05, 0.1) is 11.4 Å². The van der Waals surface area contributed by atoms with Crippen molar-refractivity contribution in [1.82, 2.24) is 0 Å². The third-order valence-electron chi connectivity index (χ3n) is 3.38. The molecule has 0 atom stereocenters. The van der Waals surface area contributed by atoms with Gasteiger partial charge in [-0.05, 0) is 63.2 Å². The molecule has 6 nitrogen and oxygen atoms in total. The van der Waals surface area contributed by atoms with E-state index in [2.05, 4.69) is 15.4 Å². The Hall–Kier alpha value is -3.30. The second-order valence-electron chi connectivity index (χ2n) is 7.20. The standard InChI is InChI=1S/C20H20F4N2O4/c1-19(2,3)30-18(28)26-15-9-6-13(21)10-16(15)25-17(27)12-4-7-14(8-5-12)29-11-20(22,23)24/h4-10H,11H2,1-3H3,(H,25,27)(H,26,28). The largest absolute Gasteiger partial charge is 0.484 e. The Bertz CT molecular complexity index is 907. The molecule has 0 aromatic heterocycles. The van der Waals surface area contributed by atoms with E-state index in [1.165, 1.54) is 30.3 Å². The number of carbonyl (C=O) groups is 2. The molecule has 0 aliphatic heterocycles. The van der Waals surface area contributed by atoms with Gasteiger partial charge in [0.15, 0.2) is 6.61 Å². The van der Waals surface area contributed by atoms with Crippen LogP contribution in [0.3, 0.4) is 0 Å². The van der Waals surface area contributed by atoms with E-state index in [1.54, 1.807) is 20.8 Å². The van der Waals surface area contributed by atoms with Crippen LogP contribution in [0, 0.1) is 5.82 Å². The molecule has 0 fully saturated rings. The molecule has 2 N–H and O–H groups in total. The summed E-state index contributed by atoms with van der Waals surface area (Å²) in [6.45, 7) is 3.55. The van der Waals surface area contributed by atoms with Gasteiger partial charge in [0, 0.05) is 5.56 Å². The summed E-state index contributed by atoms with van der Waals surface area (Å²) in [4.78, 5) is 24.4. The molecule has 2 rings (SSSR count). The van der Waals surface area contributed by atoms with Crippen LogP contribution in [0.4, 0.5) is 33.7 Å². The highest BCUT2D eigenvalue weighted by molar-refractivity contribution is 6.06. The number of benzene rings is 2. The van der Waals surface area contributed by atoms with Crippen molar-refractivity contribution in [3.8, 4) is 5.75 Å². The summed E-state index contributed by atoms with van der Waals surface area (Å²) < 4.78 is 59.9. The fourth-order valence-corrected chi connectivity index (χ4v) is 2.20. The number of hydrogen-bond acceptors (Lipinski definition) is 4. The van der Waals surface area contributed by atoms with Crippen LogP contribution in [0.25, 0.3) is 0 Å². The molecule has 0 bridgehead atoms. The van der Waals surface area contributed by atoms with Crippen LogP contribution in [-0.2, 0) is 4.74 Å². The molecule has 10 heteroatoms. The molecule has 2 amide bonds. The van der Waals surface area contributed by atoms with E-state index in [0.29, 0.717) is 0 Å². The lowest BCUT2D eigenvalue weighted by atomic mass is 10.2. The van der Waals surface area contributed by atoms with E-state index in [1.807, 2.05) is 0 Å². The van der Waals surface area contributed by atoms with Gasteiger partial charge in [-0.2, -0.15) is 13.2 Å². The Morgan fingerprint density at radius 1 is 0.933 bits per heavy atom. The van der Waals surface area contributed by atoms with Crippen LogP contribution in [0.15, 0.2) is 42.5 Å². The Balaban J connectivity index is 2.10. The highest BCUT2D eigenvalue weighted by Gasteiger charge is 2.28. The third-order valence-corrected chi connectivity index (χ3v) is 3.38. The number of halogens is 4. The fraction of sp³-hybridized carbons (Fsp3) is 0.300. The van der Waals surface area contributed by atoms with E-state index in [9.17, 15) is 27.2 Å². The van der Waals surface area contributed by atoms with Gasteiger partial charge < -0.3 is 14.8 Å². The Morgan fingerprint density at radius 2 is 1.57 bits per heavy atom. The monoisotopic (exact) mass is 428 g/mol. The molecule has 0 aliphatic carbocycles. The molecule has 30 heavy (non-hydrogen) atoms. The fourth-order valence-electron chi connectivity index (χ4n) is 2.20. The number of alkyl halides is 3. The highest BCUT2D eigenvalue weighted by Crippen LogP contribution is 2.25. The van der Waals surface area contributed by atoms with E-state index in [0.717, 1.165) is 12.1 Å². The van der Waals surface area contributed by atoms with Gasteiger partial charge in [0.1, 0.15) is 17.2 Å². The Kier molecular flexibility index (Phi) is 6.91. The number of anilines is 2. The van der Waals surface area contributed by atoms with Crippen molar-refractivity contribution in [2.24, 2.45) is 0 Å². The van der Waals surface area contributed by atoms with E-state index in [4.69, 9.17) is 4.74 Å². The van der Waals surface area contributed by atoms with Crippen molar-refractivity contribution in [2.45, 2.75) is 32.5 Å². The summed E-state index contributed by atoms with van der Waals surface area (Å²) in [6.07, 6.45) is -5.28. The molecule has 0 aliphatic rings. The molecule has 0 spiro atoms. The predicted molar refractivity (Wildman–Crippen MR) is 102 cm³/mol. The SMILES string of the molecule is CC(C)(C)OC(=O)Nc1ccc(F)cc1NC(=O)c1ccc(OCC(F)(F)F)cc1. The average Bonchev–Trinajstić information content (AvgIpc) is 2.60. The van der Waals surface area contributed by atoms with Crippen LogP contribution in [0.2, 0.25) is 0 Å². The zero-order valence-electron chi connectivity index (χ0n) is 16.4. The summed E-state index contributed by atoms with van der Waals surface area (Å²) in [5.41, 5.74) is -0.599. The van der Waals surface area contributed by atoms with Crippen molar-refractivity contribution >= 4 is 23.4 Å². The summed E-state index contributed by atoms with van der Waals surface area (Å²) in [5, 5.41) is 4.86. The zero-order valence-corrected chi connectivity index (χ0v) is 16.4. The Morgan fingerprint density at radius 3 is 2.13 bits per heavy atom. The zero-order chi connectivity index (χ0) is 22.5. The first-order valence-electron chi connectivity index (χ1n) is 8.73. The third kappa shape index (κ3) is 7.61. The van der Waals surface area contributed by atoms with Crippen molar-refractivity contribution < 1.29 is 36.6 Å². The average molecular weight is 428 g/mol. The van der Waals surface area contributed by atoms with E-state index < -0.39 is 36.2 Å². The van der Waals surface area contributed by atoms with Gasteiger partial charge in [-0.1, -0.05) is 0 Å². The number of amides is 2. The minimum Gasteiger partial charge on any atom is -0.484 e. The summed E-state index contributed by atoms with van der Waals surface area (Å²) in [6, 6.07) is 8.25. The molecule has 0 saturated carbocycles. The maximum Gasteiger partial charge on any atom is 0.422 e. The summed E-state index contributed by atoms with van der Waals surface area (Å²) >= 11 is 0. The maximum absolute atomic E-state index is 13.6. The lowest BCUT2D eigenvalue weighted by Crippen LogP contribution is -2.27. The van der Waals surface area contributed by atoms with E-state index >= 15 is 0 Å². The van der Waals surface area contributed by atoms with Crippen LogP contribution in [0.5, 0.6) is 5.75 Å². The number of nitrogens with one attached hydrogen (secondary N) is 2. The first kappa shape index (κ1) is 23.0. The van der Waals surface area contributed by atoms with Gasteiger partial charge in [-0.15, -0.1) is 0 Å². The number of carbonyl (C=O) groups excluding carboxylic acids is 2. The van der Waals surface area contributed by atoms with Crippen LogP contribution in [0.1, 0.15) is 31.1 Å². The van der Waals surface area contributed by atoms with Gasteiger partial charge in [0.25, 0.3) is 5.91 Å². The number of rotatable bonds is 5. The molecule has 0 saturated heterocycles. The van der Waals surface area contributed by atoms with Crippen LogP contribution in [-0.4, -0.2) is 30.4 Å². The minimum atomic E-state index is -4.48. The molecule has 162 valence electrons. The molecular weight excluding hydrogens is 408 g/mol. The van der Waals surface area contributed by atoms with Crippen molar-refractivity contribution in [3.63, 3.8) is 0 Å². The normalized spacial score (nSPS) is 11.6. The van der Waals surface area contributed by atoms with Crippen molar-refractivity contribution in [2.75, 3.05) is 17.2 Å². The van der Waals surface area contributed by atoms with Crippen molar-refractivity contribution in [1.29, 1.82) is 0 Å². The second-order valence-corrected chi connectivity index (χ2v) is 7.20. The summed E-state index contributed by atoms with van der Waals surface area (Å²) in [5.74, 6) is -1.40. The number of ether oxygens (including phenoxy) is 2. The van der Waals surface area contributed by atoms with Crippen LogP contribution < -0.4 is 15.4 Å². The molecule has 2 aromatic carbocycles. The topological polar surface area (TPSA) is 76.7 Å². The lowest BCUT2D eigenvalue weighted by molar-refractivity contribution is -0.153. The molecule has 0 unspecified atom stereocenters. The first-order valence-corrected chi connectivity index (χ1v) is 8.73. The highest BCUT2D eigenvalue weighted by atomic mass is 19.4. The number of hydrogen-bond donors (Lipinski definition) is 2. The maximum atomic E-state index is 13.6.